The fourth-order valence-electron chi connectivity index (χ4n) is 3.23. The van der Waals surface area contributed by atoms with E-state index in [0.717, 1.165) is 28.1 Å². The van der Waals surface area contributed by atoms with Gasteiger partial charge in [0.1, 0.15) is 12.4 Å². The van der Waals surface area contributed by atoms with Gasteiger partial charge in [-0.2, -0.15) is 0 Å². The second-order valence-electron chi connectivity index (χ2n) is 7.33. The summed E-state index contributed by atoms with van der Waals surface area (Å²) in [6, 6.07) is 15.4. The Morgan fingerprint density at radius 1 is 1.16 bits per heavy atom. The van der Waals surface area contributed by atoms with Crippen molar-refractivity contribution in [2.75, 3.05) is 13.7 Å². The summed E-state index contributed by atoms with van der Waals surface area (Å²) in [5, 5.41) is 3.94. The van der Waals surface area contributed by atoms with Crippen molar-refractivity contribution in [1.82, 2.24) is 10.1 Å². The van der Waals surface area contributed by atoms with Gasteiger partial charge in [0.2, 0.25) is 5.91 Å². The topological polar surface area (TPSA) is 64.8 Å². The molecule has 1 amide bonds. The lowest BCUT2D eigenvalue weighted by atomic mass is 10.1. The van der Waals surface area contributed by atoms with Crippen molar-refractivity contribution in [2.45, 2.75) is 27.0 Å². The molecule has 3 rings (SSSR count). The summed E-state index contributed by atoms with van der Waals surface area (Å²) in [6.07, 6.45) is 5.05. The molecule has 6 nitrogen and oxygen atoms in total. The van der Waals surface area contributed by atoms with Crippen molar-refractivity contribution < 1.29 is 18.8 Å². The molecular formula is C26H28N2O4. The monoisotopic (exact) mass is 432 g/mol. The van der Waals surface area contributed by atoms with Crippen LogP contribution in [0.5, 0.6) is 11.5 Å². The molecule has 0 atom stereocenters. The smallest absolute Gasteiger partial charge is 0.247 e. The van der Waals surface area contributed by atoms with Gasteiger partial charge in [-0.3, -0.25) is 4.79 Å². The molecule has 0 N–H and O–H groups in total. The largest absolute Gasteiger partial charge is 0.493 e. The molecule has 32 heavy (non-hydrogen) atoms. The van der Waals surface area contributed by atoms with Crippen molar-refractivity contribution in [1.29, 1.82) is 0 Å². The highest BCUT2D eigenvalue weighted by atomic mass is 16.5. The van der Waals surface area contributed by atoms with E-state index >= 15 is 0 Å². The van der Waals surface area contributed by atoms with Gasteiger partial charge in [-0.1, -0.05) is 47.6 Å². The van der Waals surface area contributed by atoms with E-state index < -0.39 is 0 Å². The average Bonchev–Trinajstić information content (AvgIpc) is 3.13. The SMILES string of the molecule is C=CCN(Cc1ccccc1)C(=O)/C=C/c1ccc(OCc2c(C)noc2C)c(OC)c1. The molecule has 1 aromatic heterocycles. The van der Waals surface area contributed by atoms with Crippen molar-refractivity contribution in [3.05, 3.63) is 95.4 Å². The van der Waals surface area contributed by atoms with Crippen LogP contribution in [-0.2, 0) is 17.9 Å². The van der Waals surface area contributed by atoms with Crippen LogP contribution in [0.1, 0.15) is 28.1 Å². The molecular weight excluding hydrogens is 404 g/mol. The van der Waals surface area contributed by atoms with Crippen LogP contribution in [-0.4, -0.2) is 29.6 Å². The Balaban J connectivity index is 1.69. The number of hydrogen-bond acceptors (Lipinski definition) is 5. The van der Waals surface area contributed by atoms with E-state index in [2.05, 4.69) is 11.7 Å². The maximum atomic E-state index is 12.8. The standard InChI is InChI=1S/C26H28N2O4/c1-5-15-28(17-22-9-7-6-8-10-22)26(29)14-12-21-11-13-24(25(16-21)30-4)31-18-23-19(2)27-32-20(23)3/h5-14,16H,1,15,17-18H2,2-4H3/b14-12+. The molecule has 3 aromatic rings. The molecule has 0 saturated heterocycles. The number of benzene rings is 2. The molecule has 0 saturated carbocycles. The van der Waals surface area contributed by atoms with E-state index in [4.69, 9.17) is 14.0 Å². The molecule has 0 aliphatic heterocycles. The van der Waals surface area contributed by atoms with Crippen molar-refractivity contribution in [3.8, 4) is 11.5 Å². The number of methoxy groups -OCH3 is 1. The van der Waals surface area contributed by atoms with Gasteiger partial charge in [0.25, 0.3) is 0 Å². The number of nitrogens with zero attached hydrogens (tertiary/aromatic N) is 2. The van der Waals surface area contributed by atoms with Gasteiger partial charge < -0.3 is 18.9 Å². The highest BCUT2D eigenvalue weighted by Gasteiger charge is 2.13. The van der Waals surface area contributed by atoms with Gasteiger partial charge in [0.05, 0.1) is 18.4 Å². The molecule has 0 fully saturated rings. The molecule has 0 spiro atoms. The predicted molar refractivity (Wildman–Crippen MR) is 124 cm³/mol. The molecule has 1 heterocycles. The van der Waals surface area contributed by atoms with Crippen LogP contribution in [0.25, 0.3) is 6.08 Å². The molecule has 2 aromatic carbocycles. The Hall–Kier alpha value is -3.80. The third-order valence-electron chi connectivity index (χ3n) is 5.04. The highest BCUT2D eigenvalue weighted by Crippen LogP contribution is 2.30. The Morgan fingerprint density at radius 2 is 1.94 bits per heavy atom. The van der Waals surface area contributed by atoms with Gasteiger partial charge in [-0.25, -0.2) is 0 Å². The van der Waals surface area contributed by atoms with Crippen LogP contribution in [0.4, 0.5) is 0 Å². The van der Waals surface area contributed by atoms with Gasteiger partial charge in [-0.05, 0) is 43.2 Å². The Bertz CT molecular complexity index is 1070. The predicted octanol–water partition coefficient (Wildman–Crippen LogP) is 5.11. The van der Waals surface area contributed by atoms with Gasteiger partial charge in [0, 0.05) is 19.2 Å². The number of ether oxygens (including phenoxy) is 2. The molecule has 0 aliphatic carbocycles. The fraction of sp³-hybridized carbons (Fsp3) is 0.231. The fourth-order valence-corrected chi connectivity index (χ4v) is 3.23. The third-order valence-corrected chi connectivity index (χ3v) is 5.04. The lowest BCUT2D eigenvalue weighted by molar-refractivity contribution is -0.126. The minimum Gasteiger partial charge on any atom is -0.493 e. The van der Waals surface area contributed by atoms with Crippen LogP contribution in [0.15, 0.2) is 71.8 Å². The van der Waals surface area contributed by atoms with Crippen LogP contribution < -0.4 is 9.47 Å². The minimum absolute atomic E-state index is 0.0912. The molecule has 166 valence electrons. The Labute approximate surface area is 188 Å². The number of hydrogen-bond donors (Lipinski definition) is 0. The lowest BCUT2D eigenvalue weighted by Crippen LogP contribution is -2.29. The summed E-state index contributed by atoms with van der Waals surface area (Å²) in [5.74, 6) is 1.83. The normalized spacial score (nSPS) is 10.8. The van der Waals surface area contributed by atoms with E-state index in [-0.39, 0.29) is 5.91 Å². The quantitative estimate of drug-likeness (QED) is 0.329. The number of rotatable bonds is 10. The van der Waals surface area contributed by atoms with Gasteiger partial charge >= 0.3 is 0 Å². The first-order valence-electron chi connectivity index (χ1n) is 10.4. The van der Waals surface area contributed by atoms with E-state index in [1.165, 1.54) is 0 Å². The summed E-state index contributed by atoms with van der Waals surface area (Å²) in [7, 11) is 1.59. The third kappa shape index (κ3) is 5.88. The second-order valence-corrected chi connectivity index (χ2v) is 7.33. The average molecular weight is 433 g/mol. The molecule has 0 bridgehead atoms. The van der Waals surface area contributed by atoms with Crippen molar-refractivity contribution >= 4 is 12.0 Å². The highest BCUT2D eigenvalue weighted by molar-refractivity contribution is 5.92. The van der Waals surface area contributed by atoms with E-state index in [1.807, 2.05) is 62.4 Å². The molecule has 0 unspecified atom stereocenters. The molecule has 6 heteroatoms. The minimum atomic E-state index is -0.0912. The van der Waals surface area contributed by atoms with Crippen LogP contribution in [0, 0.1) is 13.8 Å². The second kappa shape index (κ2) is 11.0. The molecule has 0 radical (unpaired) electrons. The number of aromatic nitrogens is 1. The van der Waals surface area contributed by atoms with Gasteiger partial charge in [-0.15, -0.1) is 6.58 Å². The lowest BCUT2D eigenvalue weighted by Gasteiger charge is -2.19. The Kier molecular flexibility index (Phi) is 7.86. The zero-order valence-corrected chi connectivity index (χ0v) is 18.7. The van der Waals surface area contributed by atoms with E-state index in [1.54, 1.807) is 30.2 Å². The first kappa shape index (κ1) is 22.9. The summed E-state index contributed by atoms with van der Waals surface area (Å²) in [4.78, 5) is 14.5. The first-order chi connectivity index (χ1) is 15.5. The summed E-state index contributed by atoms with van der Waals surface area (Å²) < 4.78 is 16.6. The summed E-state index contributed by atoms with van der Waals surface area (Å²) in [5.41, 5.74) is 3.62. The van der Waals surface area contributed by atoms with E-state index in [9.17, 15) is 4.79 Å². The summed E-state index contributed by atoms with van der Waals surface area (Å²) >= 11 is 0. The van der Waals surface area contributed by atoms with Crippen LogP contribution in [0.3, 0.4) is 0 Å². The first-order valence-corrected chi connectivity index (χ1v) is 10.4. The number of carbonyl (C=O) groups excluding carboxylic acids is 1. The molecule has 0 aliphatic rings. The maximum Gasteiger partial charge on any atom is 0.247 e. The Morgan fingerprint density at radius 3 is 2.59 bits per heavy atom. The zero-order chi connectivity index (χ0) is 22.9. The van der Waals surface area contributed by atoms with Crippen molar-refractivity contribution in [3.63, 3.8) is 0 Å². The van der Waals surface area contributed by atoms with Crippen LogP contribution >= 0.6 is 0 Å². The number of carbonyl (C=O) groups is 1. The summed E-state index contributed by atoms with van der Waals surface area (Å²) in [6.45, 7) is 8.82. The van der Waals surface area contributed by atoms with Crippen molar-refractivity contribution in [2.24, 2.45) is 0 Å². The van der Waals surface area contributed by atoms with Crippen LogP contribution in [0.2, 0.25) is 0 Å². The van der Waals surface area contributed by atoms with Gasteiger partial charge in [0.15, 0.2) is 11.5 Å². The number of amides is 1. The number of aryl methyl sites for hydroxylation is 2. The zero-order valence-electron chi connectivity index (χ0n) is 18.7. The van der Waals surface area contributed by atoms with E-state index in [0.29, 0.717) is 31.2 Å². The maximum absolute atomic E-state index is 12.8.